The molecule has 0 radical (unpaired) electrons. The maximum atomic E-state index is 12.5. The normalized spacial score (nSPS) is 20.0. The van der Waals surface area contributed by atoms with E-state index in [-0.39, 0.29) is 12.1 Å². The van der Waals surface area contributed by atoms with Gasteiger partial charge in [-0.25, -0.2) is 0 Å². The number of thioether (sulfide) groups is 1. The zero-order valence-electron chi connectivity index (χ0n) is 16.0. The fraction of sp³-hybridized carbons (Fsp3) is 0.350. The molecule has 0 atom stereocenters. The molecule has 27 heavy (non-hydrogen) atoms. The summed E-state index contributed by atoms with van der Waals surface area (Å²) < 4.78 is 4.54. The van der Waals surface area contributed by atoms with E-state index >= 15 is 0 Å². The van der Waals surface area contributed by atoms with Crippen LogP contribution in [0.15, 0.2) is 29.2 Å². The Bertz CT molecular complexity index is 901. The van der Waals surface area contributed by atoms with Gasteiger partial charge in [-0.2, -0.15) is 0 Å². The molecule has 1 aromatic rings. The number of hydrogen-bond donors (Lipinski definition) is 0. The predicted octanol–water partition coefficient (Wildman–Crippen LogP) is 3.53. The van der Waals surface area contributed by atoms with Crippen molar-refractivity contribution >= 4 is 46.2 Å². The summed E-state index contributed by atoms with van der Waals surface area (Å²) in [6.07, 6.45) is 3.90. The van der Waals surface area contributed by atoms with Crippen molar-refractivity contribution in [3.05, 3.63) is 40.3 Å². The zero-order chi connectivity index (χ0) is 19.9. The minimum Gasteiger partial charge on any atom is -0.468 e. The number of methoxy groups -OCH3 is 1. The number of ether oxygens (including phenoxy) is 1. The van der Waals surface area contributed by atoms with E-state index in [4.69, 9.17) is 0 Å². The fourth-order valence-corrected chi connectivity index (χ4v) is 4.09. The van der Waals surface area contributed by atoms with Crippen molar-refractivity contribution in [2.75, 3.05) is 25.6 Å². The Kier molecular flexibility index (Phi) is 4.90. The van der Waals surface area contributed by atoms with Crippen LogP contribution in [0.3, 0.4) is 0 Å². The van der Waals surface area contributed by atoms with Gasteiger partial charge in [0.2, 0.25) is 0 Å². The lowest BCUT2D eigenvalue weighted by Crippen LogP contribution is -2.42. The Labute approximate surface area is 162 Å². The third kappa shape index (κ3) is 3.51. The van der Waals surface area contributed by atoms with E-state index in [0.717, 1.165) is 33.5 Å². The highest BCUT2D eigenvalue weighted by atomic mass is 32.2. The Balaban J connectivity index is 1.91. The number of esters is 1. The summed E-state index contributed by atoms with van der Waals surface area (Å²) in [5.74, 6) is -1.10. The van der Waals surface area contributed by atoms with Crippen LogP contribution in [0.2, 0.25) is 0 Å². The minimum atomic E-state index is -0.626. The standard InChI is InChI=1S/C20H22N2O4S/c1-12-10-20(2,3)21(4)15-7-6-13(8-14(12)15)9-16-18(24)22(19(25)27-16)11-17(23)26-5/h6-10H,11H2,1-5H3/b16-9-. The van der Waals surface area contributed by atoms with Crippen LogP contribution in [-0.4, -0.2) is 48.3 Å². The third-order valence-electron chi connectivity index (χ3n) is 4.93. The van der Waals surface area contributed by atoms with Gasteiger partial charge in [0.1, 0.15) is 6.54 Å². The van der Waals surface area contributed by atoms with E-state index in [0.29, 0.717) is 4.91 Å². The second-order valence-corrected chi connectivity index (χ2v) is 8.15. The molecule has 0 N–H and O–H groups in total. The summed E-state index contributed by atoms with van der Waals surface area (Å²) in [6, 6.07) is 5.97. The average molecular weight is 386 g/mol. The summed E-state index contributed by atoms with van der Waals surface area (Å²) in [7, 11) is 3.28. The van der Waals surface area contributed by atoms with Gasteiger partial charge in [-0.3, -0.25) is 19.3 Å². The maximum absolute atomic E-state index is 12.5. The number of hydrogen-bond acceptors (Lipinski definition) is 6. The highest BCUT2D eigenvalue weighted by molar-refractivity contribution is 8.18. The van der Waals surface area contributed by atoms with Crippen molar-refractivity contribution in [3.63, 3.8) is 0 Å². The van der Waals surface area contributed by atoms with Gasteiger partial charge in [-0.15, -0.1) is 0 Å². The molecule has 6 nitrogen and oxygen atoms in total. The number of imide groups is 1. The van der Waals surface area contributed by atoms with Gasteiger partial charge >= 0.3 is 5.97 Å². The first-order chi connectivity index (χ1) is 12.6. The van der Waals surface area contributed by atoms with Crippen molar-refractivity contribution in [1.29, 1.82) is 0 Å². The van der Waals surface area contributed by atoms with Crippen LogP contribution >= 0.6 is 11.8 Å². The Morgan fingerprint density at radius 2 is 2.00 bits per heavy atom. The number of likely N-dealkylation sites (N-methyl/N-ethyl adjacent to an activating group) is 1. The van der Waals surface area contributed by atoms with Crippen LogP contribution in [-0.2, 0) is 14.3 Å². The minimum absolute atomic E-state index is 0.0743. The Morgan fingerprint density at radius 3 is 2.67 bits per heavy atom. The molecule has 7 heteroatoms. The van der Waals surface area contributed by atoms with Crippen molar-refractivity contribution in [2.45, 2.75) is 26.3 Å². The molecule has 0 aromatic heterocycles. The zero-order valence-corrected chi connectivity index (χ0v) is 16.8. The van der Waals surface area contributed by atoms with E-state index in [1.807, 2.05) is 18.2 Å². The first kappa shape index (κ1) is 19.2. The fourth-order valence-electron chi connectivity index (χ4n) is 3.25. The topological polar surface area (TPSA) is 66.9 Å². The SMILES string of the molecule is COC(=O)CN1C(=O)S/C(=C\c2ccc3c(c2)C(C)=CC(C)(C)N3C)C1=O. The molecule has 0 saturated carbocycles. The summed E-state index contributed by atoms with van der Waals surface area (Å²) in [5.41, 5.74) is 4.14. The molecule has 0 spiro atoms. The molecule has 2 amide bonds. The highest BCUT2D eigenvalue weighted by Gasteiger charge is 2.36. The summed E-state index contributed by atoms with van der Waals surface area (Å²) >= 11 is 0.833. The third-order valence-corrected chi connectivity index (χ3v) is 5.83. The first-order valence-corrected chi connectivity index (χ1v) is 9.35. The van der Waals surface area contributed by atoms with Gasteiger partial charge < -0.3 is 9.64 Å². The molecule has 1 saturated heterocycles. The molecule has 142 valence electrons. The number of rotatable bonds is 3. The van der Waals surface area contributed by atoms with E-state index in [1.54, 1.807) is 6.08 Å². The van der Waals surface area contributed by atoms with Crippen LogP contribution in [0.25, 0.3) is 11.6 Å². The number of carbonyl (C=O) groups excluding carboxylic acids is 3. The lowest BCUT2D eigenvalue weighted by atomic mass is 9.88. The van der Waals surface area contributed by atoms with Gasteiger partial charge in [-0.1, -0.05) is 12.1 Å². The second-order valence-electron chi connectivity index (χ2n) is 7.16. The Morgan fingerprint density at radius 1 is 1.30 bits per heavy atom. The van der Waals surface area contributed by atoms with Gasteiger partial charge in [0, 0.05) is 18.3 Å². The average Bonchev–Trinajstić information content (AvgIpc) is 2.87. The van der Waals surface area contributed by atoms with E-state index in [2.05, 4.69) is 43.5 Å². The maximum Gasteiger partial charge on any atom is 0.325 e. The van der Waals surface area contributed by atoms with Crippen LogP contribution in [0.5, 0.6) is 0 Å². The summed E-state index contributed by atoms with van der Waals surface area (Å²) in [5, 5.41) is -0.466. The Hall–Kier alpha value is -2.54. The number of benzene rings is 1. The van der Waals surface area contributed by atoms with Crippen molar-refractivity contribution in [3.8, 4) is 0 Å². The molecule has 2 heterocycles. The summed E-state index contributed by atoms with van der Waals surface area (Å²) in [4.78, 5) is 39.3. The number of nitrogens with zero attached hydrogens (tertiary/aromatic N) is 2. The molecule has 2 aliphatic rings. The number of fused-ring (bicyclic) bond motifs is 1. The second kappa shape index (κ2) is 6.88. The van der Waals surface area contributed by atoms with Crippen LogP contribution < -0.4 is 4.90 Å². The van der Waals surface area contributed by atoms with Gasteiger partial charge in [0.25, 0.3) is 11.1 Å². The van der Waals surface area contributed by atoms with Crippen LogP contribution in [0.1, 0.15) is 31.9 Å². The smallest absolute Gasteiger partial charge is 0.325 e. The molecule has 1 aromatic carbocycles. The molecular weight excluding hydrogens is 364 g/mol. The lowest BCUT2D eigenvalue weighted by molar-refractivity contribution is -0.143. The predicted molar refractivity (Wildman–Crippen MR) is 107 cm³/mol. The van der Waals surface area contributed by atoms with E-state index in [9.17, 15) is 14.4 Å². The molecule has 0 aliphatic carbocycles. The number of allylic oxidation sites excluding steroid dienone is 1. The van der Waals surface area contributed by atoms with Crippen LogP contribution in [0, 0.1) is 0 Å². The molecule has 0 bridgehead atoms. The number of amides is 2. The number of carbonyl (C=O) groups is 3. The van der Waals surface area contributed by atoms with Crippen LogP contribution in [0.4, 0.5) is 10.5 Å². The summed E-state index contributed by atoms with van der Waals surface area (Å²) in [6.45, 7) is 6.02. The molecule has 1 fully saturated rings. The van der Waals surface area contributed by atoms with E-state index < -0.39 is 17.1 Å². The first-order valence-electron chi connectivity index (χ1n) is 8.54. The van der Waals surface area contributed by atoms with Crippen molar-refractivity contribution < 1.29 is 19.1 Å². The monoisotopic (exact) mass is 386 g/mol. The number of anilines is 1. The van der Waals surface area contributed by atoms with E-state index in [1.165, 1.54) is 12.7 Å². The molecule has 3 rings (SSSR count). The van der Waals surface area contributed by atoms with Crippen molar-refractivity contribution in [1.82, 2.24) is 4.90 Å². The van der Waals surface area contributed by atoms with Gasteiger partial charge in [-0.05, 0) is 61.9 Å². The molecule has 2 aliphatic heterocycles. The molecule has 0 unspecified atom stereocenters. The van der Waals surface area contributed by atoms with Crippen molar-refractivity contribution in [2.24, 2.45) is 0 Å². The lowest BCUT2D eigenvalue weighted by Gasteiger charge is -2.40. The molecular formula is C20H22N2O4S. The van der Waals surface area contributed by atoms with Gasteiger partial charge in [0.15, 0.2) is 0 Å². The quantitative estimate of drug-likeness (QED) is 0.585. The van der Waals surface area contributed by atoms with Gasteiger partial charge in [0.05, 0.1) is 17.6 Å². The largest absolute Gasteiger partial charge is 0.468 e. The highest BCUT2D eigenvalue weighted by Crippen LogP contribution is 2.39.